The lowest BCUT2D eigenvalue weighted by Crippen LogP contribution is -2.57. The Morgan fingerprint density at radius 2 is 1.56 bits per heavy atom. The number of benzene rings is 2. The van der Waals surface area contributed by atoms with Crippen LogP contribution in [0.3, 0.4) is 0 Å². The minimum Gasteiger partial charge on any atom is -0.381 e. The monoisotopic (exact) mass is 489 g/mol. The minimum atomic E-state index is -1.07. The molecule has 8 heteroatoms. The van der Waals surface area contributed by atoms with Crippen LogP contribution < -0.4 is 16.0 Å². The van der Waals surface area contributed by atoms with E-state index in [0.717, 1.165) is 62.6 Å². The summed E-state index contributed by atoms with van der Waals surface area (Å²) < 4.78 is 33.8. The molecule has 0 bridgehead atoms. The lowest BCUT2D eigenvalue weighted by molar-refractivity contribution is -0.130. The zero-order valence-electron chi connectivity index (χ0n) is 19.0. The molecule has 1 saturated carbocycles. The fourth-order valence-corrected chi connectivity index (χ4v) is 5.89. The Hall–Kier alpha value is -2.38. The third-order valence-corrected chi connectivity index (χ3v) is 7.71. The Balaban J connectivity index is 1.58. The highest BCUT2D eigenvalue weighted by Crippen LogP contribution is 2.49. The summed E-state index contributed by atoms with van der Waals surface area (Å²) in [6.45, 7) is 1.25. The Morgan fingerprint density at radius 1 is 0.971 bits per heavy atom. The van der Waals surface area contributed by atoms with Gasteiger partial charge in [-0.1, -0.05) is 43.0 Å². The molecule has 0 radical (unpaired) electrons. The molecule has 2 aliphatic heterocycles. The molecule has 2 aromatic rings. The molecule has 2 heterocycles. The van der Waals surface area contributed by atoms with Gasteiger partial charge in [0.2, 0.25) is 5.91 Å². The summed E-state index contributed by atoms with van der Waals surface area (Å²) in [5.74, 6) is -2.31. The van der Waals surface area contributed by atoms with Crippen LogP contribution >= 0.6 is 11.6 Å². The van der Waals surface area contributed by atoms with Crippen molar-refractivity contribution in [3.8, 4) is 0 Å². The van der Waals surface area contributed by atoms with Gasteiger partial charge < -0.3 is 20.7 Å². The lowest BCUT2D eigenvalue weighted by atomic mass is 9.71. The van der Waals surface area contributed by atoms with Gasteiger partial charge in [-0.05, 0) is 49.3 Å². The summed E-state index contributed by atoms with van der Waals surface area (Å²) in [4.78, 5) is 14.0. The predicted molar refractivity (Wildman–Crippen MR) is 129 cm³/mol. The molecule has 2 aromatic carbocycles. The van der Waals surface area contributed by atoms with Gasteiger partial charge in [0.05, 0.1) is 17.3 Å². The highest BCUT2D eigenvalue weighted by Gasteiger charge is 2.52. The predicted octanol–water partition coefficient (Wildman–Crippen LogP) is 5.80. The summed E-state index contributed by atoms with van der Waals surface area (Å²) in [6.07, 6.45) is 6.64. The number of amides is 1. The number of hydrogen-bond donors (Lipinski definition) is 3. The van der Waals surface area contributed by atoms with Crippen molar-refractivity contribution in [2.45, 2.75) is 56.7 Å². The fraction of sp³-hybridized carbons (Fsp3) is 0.500. The smallest absolute Gasteiger partial charge is 0.228 e. The normalized spacial score (nSPS) is 21.3. The van der Waals surface area contributed by atoms with Crippen molar-refractivity contribution in [2.24, 2.45) is 11.8 Å². The molecular formula is C26H30ClF2N3O2. The summed E-state index contributed by atoms with van der Waals surface area (Å²) in [5.41, 5.74) is 0.610. The van der Waals surface area contributed by atoms with E-state index in [4.69, 9.17) is 16.3 Å². The second-order valence-corrected chi connectivity index (χ2v) is 10.1. The number of carbonyl (C=O) groups excluding carboxylic acids is 1. The standard InChI is InChI=1S/C26H30ClF2N3O2/c27-18-8-6-17(7-9-18)26(31-22-14-20(28)21(29)15-23(22)32-26)24(16-4-2-1-3-5-16)25(33)30-19-10-12-34-13-11-19/h6-9,14-16,19,24,31-32H,1-5,10-13H2,(H,30,33). The zero-order valence-corrected chi connectivity index (χ0v) is 19.8. The maximum atomic E-state index is 14.2. The second kappa shape index (κ2) is 9.70. The first-order valence-corrected chi connectivity index (χ1v) is 12.5. The van der Waals surface area contributed by atoms with Crippen molar-refractivity contribution in [3.05, 3.63) is 58.6 Å². The SMILES string of the molecule is O=C(NC1CCOCC1)C(C1CCCCC1)C1(c2ccc(Cl)cc2)Nc2cc(F)c(F)cc2N1. The first kappa shape index (κ1) is 23.4. The molecule has 5 rings (SSSR count). The maximum Gasteiger partial charge on any atom is 0.228 e. The van der Waals surface area contributed by atoms with E-state index in [1.165, 1.54) is 0 Å². The van der Waals surface area contributed by atoms with Gasteiger partial charge in [-0.15, -0.1) is 0 Å². The van der Waals surface area contributed by atoms with E-state index in [1.807, 2.05) is 12.1 Å². The highest BCUT2D eigenvalue weighted by molar-refractivity contribution is 6.30. The minimum absolute atomic E-state index is 0.0493. The Bertz CT molecular complexity index is 1010. The maximum absolute atomic E-state index is 14.2. The number of anilines is 2. The Labute approximate surface area is 203 Å². The van der Waals surface area contributed by atoms with Crippen LogP contribution in [0.5, 0.6) is 0 Å². The molecule has 182 valence electrons. The Morgan fingerprint density at radius 3 is 2.15 bits per heavy atom. The van der Waals surface area contributed by atoms with Crippen LogP contribution in [0.4, 0.5) is 20.2 Å². The molecule has 1 atom stereocenters. The van der Waals surface area contributed by atoms with Gasteiger partial charge >= 0.3 is 0 Å². The Kier molecular flexibility index (Phi) is 6.67. The van der Waals surface area contributed by atoms with Gasteiger partial charge in [0.1, 0.15) is 5.66 Å². The number of halogens is 3. The molecule has 1 saturated heterocycles. The van der Waals surface area contributed by atoms with Crippen LogP contribution in [-0.4, -0.2) is 25.2 Å². The molecule has 3 aliphatic rings. The number of nitrogens with one attached hydrogen (secondary N) is 3. The van der Waals surface area contributed by atoms with Crippen molar-refractivity contribution in [1.82, 2.24) is 5.32 Å². The van der Waals surface area contributed by atoms with Gasteiger partial charge in [-0.2, -0.15) is 0 Å². The average Bonchev–Trinajstić information content (AvgIpc) is 3.19. The second-order valence-electron chi connectivity index (χ2n) is 9.65. The van der Waals surface area contributed by atoms with E-state index in [-0.39, 0.29) is 17.9 Å². The molecule has 0 spiro atoms. The number of ether oxygens (including phenoxy) is 1. The van der Waals surface area contributed by atoms with Crippen LogP contribution in [0.1, 0.15) is 50.5 Å². The van der Waals surface area contributed by atoms with Gasteiger partial charge in [-0.25, -0.2) is 8.78 Å². The topological polar surface area (TPSA) is 62.4 Å². The lowest BCUT2D eigenvalue weighted by Gasteiger charge is -2.44. The van der Waals surface area contributed by atoms with Gasteiger partial charge in [-0.3, -0.25) is 4.79 Å². The van der Waals surface area contributed by atoms with E-state index in [1.54, 1.807) is 12.1 Å². The molecule has 0 aromatic heterocycles. The highest BCUT2D eigenvalue weighted by atomic mass is 35.5. The first-order valence-electron chi connectivity index (χ1n) is 12.2. The molecule has 2 fully saturated rings. The average molecular weight is 490 g/mol. The van der Waals surface area contributed by atoms with E-state index in [0.29, 0.717) is 29.6 Å². The van der Waals surface area contributed by atoms with Crippen LogP contribution in [-0.2, 0) is 15.2 Å². The van der Waals surface area contributed by atoms with Crippen LogP contribution in [0.15, 0.2) is 36.4 Å². The van der Waals surface area contributed by atoms with E-state index in [9.17, 15) is 13.6 Å². The van der Waals surface area contributed by atoms with E-state index >= 15 is 0 Å². The molecule has 3 N–H and O–H groups in total. The fourth-order valence-electron chi connectivity index (χ4n) is 5.77. The largest absolute Gasteiger partial charge is 0.381 e. The van der Waals surface area contributed by atoms with Crippen molar-refractivity contribution in [2.75, 3.05) is 23.8 Å². The van der Waals surface area contributed by atoms with Crippen LogP contribution in [0.25, 0.3) is 0 Å². The van der Waals surface area contributed by atoms with E-state index < -0.39 is 23.2 Å². The number of carbonyl (C=O) groups is 1. The third-order valence-electron chi connectivity index (χ3n) is 7.46. The van der Waals surface area contributed by atoms with E-state index in [2.05, 4.69) is 16.0 Å². The third kappa shape index (κ3) is 4.48. The quantitative estimate of drug-likeness (QED) is 0.496. The first-order chi connectivity index (χ1) is 16.5. The van der Waals surface area contributed by atoms with Crippen LogP contribution in [0, 0.1) is 23.5 Å². The number of rotatable bonds is 5. The van der Waals surface area contributed by atoms with Crippen molar-refractivity contribution >= 4 is 28.9 Å². The van der Waals surface area contributed by atoms with Gasteiger partial charge in [0, 0.05) is 36.4 Å². The van der Waals surface area contributed by atoms with Crippen molar-refractivity contribution in [1.29, 1.82) is 0 Å². The molecule has 1 aliphatic carbocycles. The summed E-state index contributed by atoms with van der Waals surface area (Å²) in [5, 5.41) is 10.7. The summed E-state index contributed by atoms with van der Waals surface area (Å²) in [7, 11) is 0. The van der Waals surface area contributed by atoms with Gasteiger partial charge in [0.15, 0.2) is 11.6 Å². The zero-order chi connectivity index (χ0) is 23.7. The molecule has 5 nitrogen and oxygen atoms in total. The summed E-state index contributed by atoms with van der Waals surface area (Å²) in [6, 6.07) is 9.67. The number of fused-ring (bicyclic) bond motifs is 1. The molecule has 34 heavy (non-hydrogen) atoms. The van der Waals surface area contributed by atoms with Crippen LogP contribution in [0.2, 0.25) is 5.02 Å². The molecule has 1 amide bonds. The van der Waals surface area contributed by atoms with Crippen molar-refractivity contribution in [3.63, 3.8) is 0 Å². The molecule has 1 unspecified atom stereocenters. The number of hydrogen-bond acceptors (Lipinski definition) is 4. The van der Waals surface area contributed by atoms with Crippen molar-refractivity contribution < 1.29 is 18.3 Å². The molecular weight excluding hydrogens is 460 g/mol. The van der Waals surface area contributed by atoms with Gasteiger partial charge in [0.25, 0.3) is 0 Å². The summed E-state index contributed by atoms with van der Waals surface area (Å²) >= 11 is 6.18.